The van der Waals surface area contributed by atoms with E-state index >= 15 is 0 Å². The first-order chi connectivity index (χ1) is 8.99. The molecule has 0 atom stereocenters. The number of nitrogens with zero attached hydrogens (tertiary/aromatic N) is 1. The van der Waals surface area contributed by atoms with Crippen molar-refractivity contribution in [1.82, 2.24) is 4.90 Å². The molecule has 1 amide bonds. The number of hydrogen-bond donors (Lipinski definition) is 1. The van der Waals surface area contributed by atoms with Gasteiger partial charge in [0.1, 0.15) is 18.1 Å². The summed E-state index contributed by atoms with van der Waals surface area (Å²) < 4.78 is 18.2. The molecule has 0 aliphatic rings. The summed E-state index contributed by atoms with van der Waals surface area (Å²) in [6.45, 7) is 1.68. The van der Waals surface area contributed by atoms with E-state index < -0.39 is 24.2 Å². The molecular formula is C13H16FNO4. The van der Waals surface area contributed by atoms with Crippen LogP contribution in [0, 0.1) is 5.82 Å². The van der Waals surface area contributed by atoms with Gasteiger partial charge in [0.15, 0.2) is 0 Å². The Kier molecular flexibility index (Phi) is 5.29. The predicted molar refractivity (Wildman–Crippen MR) is 66.8 cm³/mol. The van der Waals surface area contributed by atoms with Crippen LogP contribution in [0.5, 0.6) is 5.75 Å². The van der Waals surface area contributed by atoms with Crippen LogP contribution in [0.4, 0.5) is 4.39 Å². The molecule has 0 bridgehead atoms. The van der Waals surface area contributed by atoms with Gasteiger partial charge >= 0.3 is 5.97 Å². The number of carbonyl (C=O) groups excluding carboxylic acids is 1. The monoisotopic (exact) mass is 269 g/mol. The Labute approximate surface area is 110 Å². The highest BCUT2D eigenvalue weighted by Gasteiger charge is 2.21. The Morgan fingerprint density at radius 1 is 1.42 bits per heavy atom. The van der Waals surface area contributed by atoms with Crippen LogP contribution in [0.25, 0.3) is 0 Å². The molecule has 0 aliphatic carbocycles. The number of carboxylic acids is 1. The lowest BCUT2D eigenvalue weighted by molar-refractivity contribution is -0.137. The van der Waals surface area contributed by atoms with Gasteiger partial charge in [-0.1, -0.05) is 6.92 Å². The lowest BCUT2D eigenvalue weighted by Gasteiger charge is -2.21. The first kappa shape index (κ1) is 14.9. The van der Waals surface area contributed by atoms with Crippen molar-refractivity contribution in [2.45, 2.75) is 13.3 Å². The van der Waals surface area contributed by atoms with Crippen LogP contribution in [0.1, 0.15) is 23.7 Å². The molecule has 1 aromatic carbocycles. The summed E-state index contributed by atoms with van der Waals surface area (Å²) in [5.41, 5.74) is 0.0252. The Morgan fingerprint density at radius 2 is 2.11 bits per heavy atom. The summed E-state index contributed by atoms with van der Waals surface area (Å²) in [4.78, 5) is 24.1. The average Bonchev–Trinajstić information content (AvgIpc) is 2.37. The number of carbonyl (C=O) groups is 2. The molecule has 1 rings (SSSR count). The molecule has 104 valence electrons. The predicted octanol–water partition coefficient (Wildman–Crippen LogP) is 1.77. The van der Waals surface area contributed by atoms with E-state index in [0.29, 0.717) is 6.42 Å². The molecule has 6 heteroatoms. The van der Waals surface area contributed by atoms with Crippen LogP contribution in [0.3, 0.4) is 0 Å². The van der Waals surface area contributed by atoms with Crippen molar-refractivity contribution in [2.75, 3.05) is 20.2 Å². The Balaban J connectivity index is 3.07. The Hall–Kier alpha value is -2.11. The van der Waals surface area contributed by atoms with Crippen LogP contribution in [0.2, 0.25) is 0 Å². The smallest absolute Gasteiger partial charge is 0.323 e. The van der Waals surface area contributed by atoms with Crippen molar-refractivity contribution >= 4 is 11.9 Å². The molecule has 0 saturated carbocycles. The lowest BCUT2D eigenvalue weighted by Crippen LogP contribution is -2.36. The molecule has 5 nitrogen and oxygen atoms in total. The number of benzene rings is 1. The third-order valence-electron chi connectivity index (χ3n) is 2.50. The minimum Gasteiger partial charge on any atom is -0.496 e. The zero-order chi connectivity index (χ0) is 14.4. The summed E-state index contributed by atoms with van der Waals surface area (Å²) in [6.07, 6.45) is 0.608. The van der Waals surface area contributed by atoms with Gasteiger partial charge in [0.05, 0.1) is 12.7 Å². The fourth-order valence-corrected chi connectivity index (χ4v) is 1.70. The van der Waals surface area contributed by atoms with Crippen LogP contribution in [-0.4, -0.2) is 42.1 Å². The fraction of sp³-hybridized carbons (Fsp3) is 0.385. The van der Waals surface area contributed by atoms with Crippen molar-refractivity contribution in [3.05, 3.63) is 29.6 Å². The van der Waals surface area contributed by atoms with Gasteiger partial charge in [0.25, 0.3) is 5.91 Å². The second-order valence-corrected chi connectivity index (χ2v) is 3.97. The first-order valence-electron chi connectivity index (χ1n) is 5.84. The molecular weight excluding hydrogens is 253 g/mol. The van der Waals surface area contributed by atoms with E-state index in [1.807, 2.05) is 6.92 Å². The highest BCUT2D eigenvalue weighted by atomic mass is 19.1. The normalized spacial score (nSPS) is 10.1. The summed E-state index contributed by atoms with van der Waals surface area (Å²) in [5.74, 6) is -2.02. The fourth-order valence-electron chi connectivity index (χ4n) is 1.70. The van der Waals surface area contributed by atoms with Crippen molar-refractivity contribution in [1.29, 1.82) is 0 Å². The number of hydrogen-bond acceptors (Lipinski definition) is 3. The van der Waals surface area contributed by atoms with E-state index in [9.17, 15) is 14.0 Å². The number of rotatable bonds is 6. The molecule has 0 saturated heterocycles. The standard InChI is InChI=1S/C13H16FNO4/c1-3-6-15(8-12(16)17)13(18)10-7-9(14)4-5-11(10)19-2/h4-5,7H,3,6,8H2,1-2H3,(H,16,17). The second-order valence-electron chi connectivity index (χ2n) is 3.97. The summed E-state index contributed by atoms with van der Waals surface area (Å²) in [7, 11) is 1.37. The quantitative estimate of drug-likeness (QED) is 0.854. The minimum atomic E-state index is -1.11. The van der Waals surface area contributed by atoms with Crippen molar-refractivity contribution < 1.29 is 23.8 Å². The minimum absolute atomic E-state index is 0.0252. The zero-order valence-electron chi connectivity index (χ0n) is 10.9. The van der Waals surface area contributed by atoms with Gasteiger partial charge in [-0.15, -0.1) is 0 Å². The van der Waals surface area contributed by atoms with E-state index in [1.54, 1.807) is 0 Å². The summed E-state index contributed by atoms with van der Waals surface area (Å²) in [6, 6.07) is 3.57. The highest BCUT2D eigenvalue weighted by molar-refractivity contribution is 5.98. The molecule has 0 unspecified atom stereocenters. The van der Waals surface area contributed by atoms with Gasteiger partial charge in [-0.2, -0.15) is 0 Å². The average molecular weight is 269 g/mol. The van der Waals surface area contributed by atoms with Gasteiger partial charge in [-0.05, 0) is 24.6 Å². The van der Waals surface area contributed by atoms with Crippen LogP contribution < -0.4 is 4.74 Å². The SMILES string of the molecule is CCCN(CC(=O)O)C(=O)c1cc(F)ccc1OC. The number of aliphatic carboxylic acids is 1. The van der Waals surface area contributed by atoms with Crippen molar-refractivity contribution in [3.8, 4) is 5.75 Å². The topological polar surface area (TPSA) is 66.8 Å². The Bertz CT molecular complexity index is 476. The second kappa shape index (κ2) is 6.72. The van der Waals surface area contributed by atoms with E-state index in [4.69, 9.17) is 9.84 Å². The molecule has 0 aliphatic heterocycles. The van der Waals surface area contributed by atoms with E-state index in [2.05, 4.69) is 0 Å². The number of amides is 1. The number of ether oxygens (including phenoxy) is 1. The Morgan fingerprint density at radius 3 is 2.63 bits per heavy atom. The highest BCUT2D eigenvalue weighted by Crippen LogP contribution is 2.21. The molecule has 0 heterocycles. The lowest BCUT2D eigenvalue weighted by atomic mass is 10.1. The van der Waals surface area contributed by atoms with Crippen LogP contribution >= 0.6 is 0 Å². The van der Waals surface area contributed by atoms with E-state index in [0.717, 1.165) is 11.0 Å². The maximum atomic E-state index is 13.2. The molecule has 0 fully saturated rings. The molecule has 0 aromatic heterocycles. The van der Waals surface area contributed by atoms with E-state index in [1.165, 1.54) is 19.2 Å². The van der Waals surface area contributed by atoms with Crippen LogP contribution in [0.15, 0.2) is 18.2 Å². The van der Waals surface area contributed by atoms with Crippen molar-refractivity contribution in [3.63, 3.8) is 0 Å². The van der Waals surface area contributed by atoms with Gasteiger partial charge in [0.2, 0.25) is 0 Å². The first-order valence-corrected chi connectivity index (χ1v) is 5.84. The molecule has 0 spiro atoms. The third-order valence-corrected chi connectivity index (χ3v) is 2.50. The number of methoxy groups -OCH3 is 1. The maximum Gasteiger partial charge on any atom is 0.323 e. The van der Waals surface area contributed by atoms with Crippen LogP contribution in [-0.2, 0) is 4.79 Å². The molecule has 0 radical (unpaired) electrons. The maximum absolute atomic E-state index is 13.2. The van der Waals surface area contributed by atoms with Gasteiger partial charge < -0.3 is 14.7 Å². The molecule has 1 N–H and O–H groups in total. The third kappa shape index (κ3) is 3.94. The number of carboxylic acid groups (broad SMARTS) is 1. The van der Waals surface area contributed by atoms with Gasteiger partial charge in [0, 0.05) is 6.54 Å². The van der Waals surface area contributed by atoms with Gasteiger partial charge in [-0.25, -0.2) is 4.39 Å². The van der Waals surface area contributed by atoms with E-state index in [-0.39, 0.29) is 17.9 Å². The summed E-state index contributed by atoms with van der Waals surface area (Å²) >= 11 is 0. The van der Waals surface area contributed by atoms with Crippen molar-refractivity contribution in [2.24, 2.45) is 0 Å². The summed E-state index contributed by atoms with van der Waals surface area (Å²) in [5, 5.41) is 8.79. The number of halogens is 1. The molecule has 1 aromatic rings. The zero-order valence-corrected chi connectivity index (χ0v) is 10.9. The van der Waals surface area contributed by atoms with Gasteiger partial charge in [-0.3, -0.25) is 9.59 Å². The largest absolute Gasteiger partial charge is 0.496 e. The molecule has 19 heavy (non-hydrogen) atoms.